The van der Waals surface area contributed by atoms with Crippen LogP contribution in [0.25, 0.3) is 0 Å². The molecule has 0 spiro atoms. The number of benzene rings is 1. The van der Waals surface area contributed by atoms with Crippen LogP contribution in [0.4, 0.5) is 0 Å². The number of ether oxygens (including phenoxy) is 2. The molecular formula is C17H19NO5. The number of nitrogens with one attached hydrogen (secondary N) is 1. The number of carbonyl (C=O) groups excluding carboxylic acids is 3. The number of methoxy groups -OCH3 is 2. The van der Waals surface area contributed by atoms with Gasteiger partial charge in [-0.2, -0.15) is 0 Å². The summed E-state index contributed by atoms with van der Waals surface area (Å²) in [4.78, 5) is 36.1. The largest absolute Gasteiger partial charge is 0.496 e. The third kappa shape index (κ3) is 2.38. The number of Topliss-reactive ketones (excluding diaryl/α,β-unsaturated/α-hetero) is 1. The molecule has 122 valence electrons. The van der Waals surface area contributed by atoms with Gasteiger partial charge in [0.2, 0.25) is 0 Å². The van der Waals surface area contributed by atoms with Crippen molar-refractivity contribution in [3.63, 3.8) is 0 Å². The predicted molar refractivity (Wildman–Crippen MR) is 81.4 cm³/mol. The molecule has 1 aromatic carbocycles. The van der Waals surface area contributed by atoms with Crippen molar-refractivity contribution in [2.24, 2.45) is 0 Å². The molecule has 1 aromatic rings. The molecular weight excluding hydrogens is 298 g/mol. The summed E-state index contributed by atoms with van der Waals surface area (Å²) in [6, 6.07) is 4.96. The Balaban J connectivity index is 2.13. The van der Waals surface area contributed by atoms with E-state index in [2.05, 4.69) is 5.32 Å². The summed E-state index contributed by atoms with van der Waals surface area (Å²) in [6.07, 6.45) is 1.20. The Morgan fingerprint density at radius 1 is 1.35 bits per heavy atom. The first-order valence-corrected chi connectivity index (χ1v) is 7.58. The van der Waals surface area contributed by atoms with E-state index >= 15 is 0 Å². The van der Waals surface area contributed by atoms with Crippen molar-refractivity contribution in [1.29, 1.82) is 0 Å². The molecule has 1 aliphatic carbocycles. The molecule has 1 saturated carbocycles. The third-order valence-electron chi connectivity index (χ3n) is 4.91. The standard InChI is InChI=1S/C17H19NO5/c1-22-12-5-3-4-11-15(12)17(7-6-14(20)23-2)9-10(19)8-13(17)18-16(11)21/h3-5,13H,6-9H2,1-2H3,(H,18,21)/t13-,17-/m0/s1. The van der Waals surface area contributed by atoms with Crippen molar-refractivity contribution in [2.75, 3.05) is 14.2 Å². The van der Waals surface area contributed by atoms with E-state index in [1.54, 1.807) is 25.3 Å². The minimum absolute atomic E-state index is 0.0823. The van der Waals surface area contributed by atoms with Crippen LogP contribution >= 0.6 is 0 Å². The number of hydrogen-bond donors (Lipinski definition) is 1. The predicted octanol–water partition coefficient (Wildman–Crippen LogP) is 1.36. The number of carbonyl (C=O) groups is 3. The SMILES string of the molecule is COC(=O)CC[C@]12CC(=O)C[C@@H]1NC(=O)c1cccc(OC)c12. The fourth-order valence-electron chi connectivity index (χ4n) is 3.88. The lowest BCUT2D eigenvalue weighted by molar-refractivity contribution is -0.141. The number of rotatable bonds is 4. The lowest BCUT2D eigenvalue weighted by Gasteiger charge is -2.41. The quantitative estimate of drug-likeness (QED) is 0.848. The fraction of sp³-hybridized carbons (Fsp3) is 0.471. The molecule has 1 amide bonds. The summed E-state index contributed by atoms with van der Waals surface area (Å²) in [7, 11) is 2.89. The molecule has 0 radical (unpaired) electrons. The highest BCUT2D eigenvalue weighted by atomic mass is 16.5. The van der Waals surface area contributed by atoms with Crippen molar-refractivity contribution < 1.29 is 23.9 Å². The zero-order chi connectivity index (χ0) is 16.6. The first-order valence-electron chi connectivity index (χ1n) is 7.58. The Morgan fingerprint density at radius 3 is 2.83 bits per heavy atom. The van der Waals surface area contributed by atoms with E-state index in [1.165, 1.54) is 7.11 Å². The van der Waals surface area contributed by atoms with Crippen molar-refractivity contribution in [3.8, 4) is 5.75 Å². The van der Waals surface area contributed by atoms with Crippen LogP contribution < -0.4 is 10.1 Å². The Labute approximate surface area is 134 Å². The molecule has 23 heavy (non-hydrogen) atoms. The number of ketones is 1. The van der Waals surface area contributed by atoms with E-state index in [4.69, 9.17) is 9.47 Å². The van der Waals surface area contributed by atoms with E-state index in [9.17, 15) is 14.4 Å². The maximum atomic E-state index is 12.4. The Bertz CT molecular complexity index is 684. The summed E-state index contributed by atoms with van der Waals surface area (Å²) in [6.45, 7) is 0. The Hall–Kier alpha value is -2.37. The minimum atomic E-state index is -0.610. The van der Waals surface area contributed by atoms with E-state index in [0.717, 1.165) is 5.56 Å². The maximum absolute atomic E-state index is 12.4. The van der Waals surface area contributed by atoms with Gasteiger partial charge in [0, 0.05) is 41.8 Å². The lowest BCUT2D eigenvalue weighted by atomic mass is 9.68. The third-order valence-corrected chi connectivity index (χ3v) is 4.91. The molecule has 3 rings (SSSR count). The van der Waals surface area contributed by atoms with Crippen molar-refractivity contribution >= 4 is 17.7 Å². The van der Waals surface area contributed by atoms with Gasteiger partial charge >= 0.3 is 5.97 Å². The van der Waals surface area contributed by atoms with Crippen LogP contribution in [-0.2, 0) is 19.7 Å². The van der Waals surface area contributed by atoms with Gasteiger partial charge in [0.25, 0.3) is 5.91 Å². The first kappa shape index (κ1) is 15.5. The van der Waals surface area contributed by atoms with Gasteiger partial charge in [-0.25, -0.2) is 0 Å². The number of amides is 1. The Kier molecular flexibility index (Phi) is 3.83. The molecule has 1 N–H and O–H groups in total. The van der Waals surface area contributed by atoms with Crippen LogP contribution in [-0.4, -0.2) is 37.9 Å². The van der Waals surface area contributed by atoms with Crippen LogP contribution in [0.5, 0.6) is 5.75 Å². The summed E-state index contributed by atoms with van der Waals surface area (Å²) in [5.41, 5.74) is 0.646. The summed E-state index contributed by atoms with van der Waals surface area (Å²) < 4.78 is 10.2. The normalized spacial score (nSPS) is 25.4. The molecule has 1 fully saturated rings. The van der Waals surface area contributed by atoms with Crippen molar-refractivity contribution in [2.45, 2.75) is 37.1 Å². The van der Waals surface area contributed by atoms with Gasteiger partial charge in [-0.05, 0) is 18.6 Å². The van der Waals surface area contributed by atoms with Gasteiger partial charge < -0.3 is 14.8 Å². The minimum Gasteiger partial charge on any atom is -0.496 e. The molecule has 2 atom stereocenters. The van der Waals surface area contributed by atoms with Gasteiger partial charge in [0.1, 0.15) is 11.5 Å². The average Bonchev–Trinajstić information content (AvgIpc) is 2.88. The lowest BCUT2D eigenvalue weighted by Crippen LogP contribution is -2.52. The van der Waals surface area contributed by atoms with Crippen LogP contribution in [0, 0.1) is 0 Å². The van der Waals surface area contributed by atoms with E-state index in [-0.39, 0.29) is 36.5 Å². The fourth-order valence-corrected chi connectivity index (χ4v) is 3.88. The summed E-state index contributed by atoms with van der Waals surface area (Å²) >= 11 is 0. The van der Waals surface area contributed by atoms with Crippen LogP contribution in [0.15, 0.2) is 18.2 Å². The first-order chi connectivity index (χ1) is 11.0. The number of fused-ring (bicyclic) bond motifs is 3. The topological polar surface area (TPSA) is 81.7 Å². The molecule has 0 aromatic heterocycles. The second-order valence-corrected chi connectivity index (χ2v) is 6.06. The summed E-state index contributed by atoms with van der Waals surface area (Å²) in [5, 5.41) is 2.93. The Morgan fingerprint density at radius 2 is 2.13 bits per heavy atom. The van der Waals surface area contributed by atoms with Gasteiger partial charge in [0.05, 0.1) is 14.2 Å². The highest BCUT2D eigenvalue weighted by Crippen LogP contribution is 2.50. The van der Waals surface area contributed by atoms with E-state index in [1.807, 2.05) is 0 Å². The monoisotopic (exact) mass is 317 g/mol. The molecule has 1 heterocycles. The second kappa shape index (κ2) is 5.68. The number of hydrogen-bond acceptors (Lipinski definition) is 5. The van der Waals surface area contributed by atoms with E-state index in [0.29, 0.717) is 24.2 Å². The molecule has 0 bridgehead atoms. The molecule has 6 nitrogen and oxygen atoms in total. The highest BCUT2D eigenvalue weighted by molar-refractivity contribution is 6.01. The molecule has 1 aliphatic heterocycles. The average molecular weight is 317 g/mol. The van der Waals surface area contributed by atoms with Crippen LogP contribution in [0.1, 0.15) is 41.6 Å². The van der Waals surface area contributed by atoms with Gasteiger partial charge in [-0.15, -0.1) is 0 Å². The molecule has 0 unspecified atom stereocenters. The second-order valence-electron chi connectivity index (χ2n) is 6.06. The molecule has 0 saturated heterocycles. The maximum Gasteiger partial charge on any atom is 0.305 e. The van der Waals surface area contributed by atoms with Gasteiger partial charge in [-0.1, -0.05) is 6.07 Å². The van der Waals surface area contributed by atoms with Crippen LogP contribution in [0.2, 0.25) is 0 Å². The molecule has 6 heteroatoms. The smallest absolute Gasteiger partial charge is 0.305 e. The number of esters is 1. The van der Waals surface area contributed by atoms with Crippen molar-refractivity contribution in [1.82, 2.24) is 5.32 Å². The van der Waals surface area contributed by atoms with Crippen LogP contribution in [0.3, 0.4) is 0 Å². The van der Waals surface area contributed by atoms with Crippen molar-refractivity contribution in [3.05, 3.63) is 29.3 Å². The van der Waals surface area contributed by atoms with E-state index < -0.39 is 5.41 Å². The molecule has 2 aliphatic rings. The zero-order valence-corrected chi connectivity index (χ0v) is 13.2. The summed E-state index contributed by atoms with van der Waals surface area (Å²) in [5.74, 6) is 0.138. The van der Waals surface area contributed by atoms with Gasteiger partial charge in [-0.3, -0.25) is 14.4 Å². The van der Waals surface area contributed by atoms with Gasteiger partial charge in [0.15, 0.2) is 0 Å². The zero-order valence-electron chi connectivity index (χ0n) is 13.2. The highest BCUT2D eigenvalue weighted by Gasteiger charge is 2.54.